The maximum Gasteiger partial charge on any atom is 0.317 e. The van der Waals surface area contributed by atoms with Crippen LogP contribution in [0.4, 0.5) is 10.7 Å². The molecule has 2 heterocycles. The minimum absolute atomic E-state index is 0.0426. The largest absolute Gasteiger partial charge is 0.383 e. The second-order valence-corrected chi connectivity index (χ2v) is 5.67. The van der Waals surface area contributed by atoms with Crippen LogP contribution in [0.2, 0.25) is 0 Å². The predicted octanol–water partition coefficient (Wildman–Crippen LogP) is 1.12. The standard InChI is InChI=1S/C15H25N5O2/c1-12(11-22-3)19(2)15(21)18-13-5-9-20(10-6-13)14-16-7-4-8-17-14/h4,7-8,12-13H,5-6,9-11H2,1-3H3,(H,18,21)/t12-/m1/s1. The van der Waals surface area contributed by atoms with E-state index in [-0.39, 0.29) is 18.1 Å². The van der Waals surface area contributed by atoms with E-state index in [1.165, 1.54) is 0 Å². The van der Waals surface area contributed by atoms with E-state index in [2.05, 4.69) is 20.2 Å². The number of amides is 2. The lowest BCUT2D eigenvalue weighted by Gasteiger charge is -2.34. The van der Waals surface area contributed by atoms with Crippen LogP contribution in [-0.4, -0.2) is 66.8 Å². The number of carbonyl (C=O) groups is 1. The van der Waals surface area contributed by atoms with Gasteiger partial charge in [-0.05, 0) is 25.8 Å². The Kier molecular flexibility index (Phi) is 5.94. The summed E-state index contributed by atoms with van der Waals surface area (Å²) in [6.45, 7) is 4.21. The zero-order valence-electron chi connectivity index (χ0n) is 13.5. The summed E-state index contributed by atoms with van der Waals surface area (Å²) in [4.78, 5) is 24.6. The fraction of sp³-hybridized carbons (Fsp3) is 0.667. The first-order valence-electron chi connectivity index (χ1n) is 7.66. The van der Waals surface area contributed by atoms with Crippen molar-refractivity contribution in [1.29, 1.82) is 0 Å². The van der Waals surface area contributed by atoms with Crippen molar-refractivity contribution < 1.29 is 9.53 Å². The number of nitrogens with zero attached hydrogens (tertiary/aromatic N) is 4. The van der Waals surface area contributed by atoms with Gasteiger partial charge in [-0.1, -0.05) is 0 Å². The normalized spacial score (nSPS) is 17.1. The fourth-order valence-electron chi connectivity index (χ4n) is 2.51. The van der Waals surface area contributed by atoms with E-state index in [1.807, 2.05) is 13.0 Å². The highest BCUT2D eigenvalue weighted by molar-refractivity contribution is 5.74. The van der Waals surface area contributed by atoms with Crippen molar-refractivity contribution in [3.63, 3.8) is 0 Å². The van der Waals surface area contributed by atoms with Gasteiger partial charge >= 0.3 is 6.03 Å². The smallest absolute Gasteiger partial charge is 0.317 e. The number of nitrogens with one attached hydrogen (secondary N) is 1. The predicted molar refractivity (Wildman–Crippen MR) is 84.9 cm³/mol. The minimum atomic E-state index is -0.0426. The van der Waals surface area contributed by atoms with Crippen LogP contribution in [0.15, 0.2) is 18.5 Å². The fourth-order valence-corrected chi connectivity index (χ4v) is 2.51. The molecule has 1 saturated heterocycles. The molecule has 1 fully saturated rings. The van der Waals surface area contributed by atoms with Crippen LogP contribution in [0.3, 0.4) is 0 Å². The Hall–Kier alpha value is -1.89. The first-order chi connectivity index (χ1) is 10.6. The first kappa shape index (κ1) is 16.5. The molecule has 22 heavy (non-hydrogen) atoms. The molecule has 0 unspecified atom stereocenters. The zero-order chi connectivity index (χ0) is 15.9. The molecule has 2 amide bonds. The molecule has 122 valence electrons. The third-order valence-corrected chi connectivity index (χ3v) is 4.05. The molecule has 1 N–H and O–H groups in total. The molecule has 0 aliphatic carbocycles. The van der Waals surface area contributed by atoms with Gasteiger partial charge < -0.3 is 19.9 Å². The van der Waals surface area contributed by atoms with Crippen molar-refractivity contribution in [2.75, 3.05) is 38.8 Å². The molecule has 1 aliphatic rings. The van der Waals surface area contributed by atoms with Crippen LogP contribution < -0.4 is 10.2 Å². The summed E-state index contributed by atoms with van der Waals surface area (Å²) >= 11 is 0. The van der Waals surface area contributed by atoms with E-state index >= 15 is 0 Å². The molecule has 0 spiro atoms. The Morgan fingerprint density at radius 3 is 2.68 bits per heavy atom. The van der Waals surface area contributed by atoms with Crippen LogP contribution >= 0.6 is 0 Å². The maximum atomic E-state index is 12.2. The molecule has 1 aliphatic heterocycles. The Labute approximate surface area is 131 Å². The number of anilines is 1. The van der Waals surface area contributed by atoms with E-state index in [0.29, 0.717) is 6.61 Å². The minimum Gasteiger partial charge on any atom is -0.383 e. The number of urea groups is 1. The Morgan fingerprint density at radius 2 is 2.09 bits per heavy atom. The van der Waals surface area contributed by atoms with Crippen LogP contribution in [0.1, 0.15) is 19.8 Å². The molecule has 1 aromatic heterocycles. The first-order valence-corrected chi connectivity index (χ1v) is 7.66. The van der Waals surface area contributed by atoms with Crippen molar-refractivity contribution in [1.82, 2.24) is 20.2 Å². The average molecular weight is 307 g/mol. The van der Waals surface area contributed by atoms with E-state index < -0.39 is 0 Å². The van der Waals surface area contributed by atoms with Gasteiger partial charge in [-0.25, -0.2) is 14.8 Å². The summed E-state index contributed by atoms with van der Waals surface area (Å²) in [6.07, 6.45) is 5.30. The highest BCUT2D eigenvalue weighted by Crippen LogP contribution is 2.15. The maximum absolute atomic E-state index is 12.2. The van der Waals surface area contributed by atoms with Crippen LogP contribution in [0.25, 0.3) is 0 Å². The number of rotatable bonds is 5. The van der Waals surface area contributed by atoms with Gasteiger partial charge in [0.05, 0.1) is 12.6 Å². The van der Waals surface area contributed by atoms with Gasteiger partial charge in [0.15, 0.2) is 0 Å². The summed E-state index contributed by atoms with van der Waals surface area (Å²) < 4.78 is 5.09. The molecular formula is C15H25N5O2. The van der Waals surface area contributed by atoms with Crippen molar-refractivity contribution in [3.05, 3.63) is 18.5 Å². The highest BCUT2D eigenvalue weighted by atomic mass is 16.5. The van der Waals surface area contributed by atoms with E-state index in [4.69, 9.17) is 4.74 Å². The number of hydrogen-bond acceptors (Lipinski definition) is 5. The third kappa shape index (κ3) is 4.30. The number of aromatic nitrogens is 2. The number of hydrogen-bond donors (Lipinski definition) is 1. The summed E-state index contributed by atoms with van der Waals surface area (Å²) in [5.41, 5.74) is 0. The second-order valence-electron chi connectivity index (χ2n) is 5.67. The monoisotopic (exact) mass is 307 g/mol. The van der Waals surface area contributed by atoms with Crippen molar-refractivity contribution in [3.8, 4) is 0 Å². The van der Waals surface area contributed by atoms with Crippen LogP contribution in [-0.2, 0) is 4.74 Å². The van der Waals surface area contributed by atoms with E-state index in [1.54, 1.807) is 31.5 Å². The van der Waals surface area contributed by atoms with Gasteiger partial charge in [-0.3, -0.25) is 0 Å². The Balaban J connectivity index is 1.78. The third-order valence-electron chi connectivity index (χ3n) is 4.05. The lowest BCUT2D eigenvalue weighted by atomic mass is 10.1. The quantitative estimate of drug-likeness (QED) is 0.883. The molecule has 7 nitrogen and oxygen atoms in total. The second kappa shape index (κ2) is 7.93. The zero-order valence-corrected chi connectivity index (χ0v) is 13.5. The topological polar surface area (TPSA) is 70.6 Å². The van der Waals surface area contributed by atoms with Crippen LogP contribution in [0, 0.1) is 0 Å². The number of methoxy groups -OCH3 is 1. The average Bonchev–Trinajstić information content (AvgIpc) is 2.56. The molecule has 0 bridgehead atoms. The summed E-state index contributed by atoms with van der Waals surface area (Å²) in [6, 6.07) is 2.03. The van der Waals surface area contributed by atoms with Gasteiger partial charge in [0.2, 0.25) is 5.95 Å². The van der Waals surface area contributed by atoms with Crippen molar-refractivity contribution in [2.45, 2.75) is 31.8 Å². The molecule has 2 rings (SSSR count). The van der Waals surface area contributed by atoms with E-state index in [0.717, 1.165) is 31.9 Å². The molecule has 0 saturated carbocycles. The lowest BCUT2D eigenvalue weighted by Crippen LogP contribution is -2.51. The molecule has 1 atom stereocenters. The van der Waals surface area contributed by atoms with Crippen molar-refractivity contribution in [2.24, 2.45) is 0 Å². The molecular weight excluding hydrogens is 282 g/mol. The van der Waals surface area contributed by atoms with Gasteiger partial charge in [0, 0.05) is 45.7 Å². The number of carbonyl (C=O) groups excluding carboxylic acids is 1. The Morgan fingerprint density at radius 1 is 1.45 bits per heavy atom. The summed E-state index contributed by atoms with van der Waals surface area (Å²) in [5.74, 6) is 0.762. The molecule has 0 radical (unpaired) electrons. The van der Waals surface area contributed by atoms with Crippen LogP contribution in [0.5, 0.6) is 0 Å². The van der Waals surface area contributed by atoms with Gasteiger partial charge in [-0.15, -0.1) is 0 Å². The van der Waals surface area contributed by atoms with E-state index in [9.17, 15) is 4.79 Å². The summed E-state index contributed by atoms with van der Waals surface area (Å²) in [5, 5.41) is 3.09. The van der Waals surface area contributed by atoms with Gasteiger partial charge in [0.1, 0.15) is 0 Å². The van der Waals surface area contributed by atoms with Gasteiger partial charge in [0.25, 0.3) is 0 Å². The van der Waals surface area contributed by atoms with Crippen molar-refractivity contribution >= 4 is 12.0 Å². The molecule has 0 aromatic carbocycles. The number of piperidine rings is 1. The number of likely N-dealkylation sites (N-methyl/N-ethyl adjacent to an activating group) is 1. The highest BCUT2D eigenvalue weighted by Gasteiger charge is 2.24. The molecule has 7 heteroatoms. The Bertz CT molecular complexity index is 462. The summed E-state index contributed by atoms with van der Waals surface area (Å²) in [7, 11) is 3.44. The lowest BCUT2D eigenvalue weighted by molar-refractivity contribution is 0.121. The van der Waals surface area contributed by atoms with Gasteiger partial charge in [-0.2, -0.15) is 0 Å². The number of ether oxygens (including phenoxy) is 1. The SMILES string of the molecule is COC[C@@H](C)N(C)C(=O)NC1CCN(c2ncccn2)CC1. The molecule has 1 aromatic rings.